The van der Waals surface area contributed by atoms with Gasteiger partial charge in [-0.2, -0.15) is 0 Å². The van der Waals surface area contributed by atoms with Crippen molar-refractivity contribution in [3.05, 3.63) is 71.0 Å². The maximum Gasteiger partial charge on any atom is 0.278 e. The van der Waals surface area contributed by atoms with E-state index in [9.17, 15) is 4.79 Å². The number of ether oxygens (including phenoxy) is 2. The van der Waals surface area contributed by atoms with E-state index in [1.54, 1.807) is 11.8 Å². The van der Waals surface area contributed by atoms with Crippen LogP contribution in [-0.2, 0) is 17.9 Å². The first kappa shape index (κ1) is 17.2. The Balaban J connectivity index is 1.50. The second-order valence-electron chi connectivity index (χ2n) is 6.46. The third kappa shape index (κ3) is 3.54. The SMILES string of the molecule is COc1ccc([C@@H]2Cn3nnc(C(=O)Nc4cccc(C)c4)c3CO2)cc1. The smallest absolute Gasteiger partial charge is 0.278 e. The number of carbonyl (C=O) groups is 1. The van der Waals surface area contributed by atoms with Gasteiger partial charge in [-0.25, -0.2) is 4.68 Å². The van der Waals surface area contributed by atoms with Gasteiger partial charge in [0.2, 0.25) is 0 Å². The normalized spacial score (nSPS) is 15.9. The van der Waals surface area contributed by atoms with E-state index in [0.29, 0.717) is 17.9 Å². The van der Waals surface area contributed by atoms with Crippen molar-refractivity contribution in [3.63, 3.8) is 0 Å². The number of aromatic nitrogens is 3. The van der Waals surface area contributed by atoms with Gasteiger partial charge in [0, 0.05) is 5.69 Å². The Labute approximate surface area is 156 Å². The van der Waals surface area contributed by atoms with Gasteiger partial charge < -0.3 is 14.8 Å². The van der Waals surface area contributed by atoms with Gasteiger partial charge in [0.25, 0.3) is 5.91 Å². The molecular formula is C20H20N4O3. The summed E-state index contributed by atoms with van der Waals surface area (Å²) in [4.78, 5) is 12.6. The molecule has 0 saturated carbocycles. The lowest BCUT2D eigenvalue weighted by Gasteiger charge is -2.24. The van der Waals surface area contributed by atoms with Gasteiger partial charge in [-0.15, -0.1) is 5.10 Å². The van der Waals surface area contributed by atoms with Crippen LogP contribution < -0.4 is 10.1 Å². The number of hydrogen-bond acceptors (Lipinski definition) is 5. The standard InChI is InChI=1S/C20H20N4O3/c1-13-4-3-5-15(10-13)21-20(25)19-17-12-27-18(11-24(17)23-22-19)14-6-8-16(26-2)9-7-14/h3-10,18H,11-12H2,1-2H3,(H,21,25)/t18-/m0/s1. The number of carbonyl (C=O) groups excluding carboxylic acids is 1. The molecule has 0 fully saturated rings. The summed E-state index contributed by atoms with van der Waals surface area (Å²) in [6.45, 7) is 2.76. The molecule has 0 radical (unpaired) electrons. The predicted molar refractivity (Wildman–Crippen MR) is 99.7 cm³/mol. The number of aryl methyl sites for hydroxylation is 1. The van der Waals surface area contributed by atoms with Crippen LogP contribution in [0.3, 0.4) is 0 Å². The summed E-state index contributed by atoms with van der Waals surface area (Å²) >= 11 is 0. The zero-order chi connectivity index (χ0) is 18.8. The van der Waals surface area contributed by atoms with Crippen LogP contribution in [0, 0.1) is 6.92 Å². The molecule has 0 aliphatic carbocycles. The summed E-state index contributed by atoms with van der Waals surface area (Å²) in [5.41, 5.74) is 3.82. The van der Waals surface area contributed by atoms with Gasteiger partial charge in [0.05, 0.1) is 26.0 Å². The van der Waals surface area contributed by atoms with Crippen molar-refractivity contribution in [1.29, 1.82) is 0 Å². The van der Waals surface area contributed by atoms with Crippen molar-refractivity contribution in [2.24, 2.45) is 0 Å². The van der Waals surface area contributed by atoms with Crippen LogP contribution in [0.4, 0.5) is 5.69 Å². The van der Waals surface area contributed by atoms with Crippen molar-refractivity contribution >= 4 is 11.6 Å². The lowest BCUT2D eigenvalue weighted by molar-refractivity contribution is -0.00173. The zero-order valence-electron chi connectivity index (χ0n) is 15.2. The van der Waals surface area contributed by atoms with E-state index in [2.05, 4.69) is 15.6 Å². The molecule has 138 valence electrons. The molecule has 0 spiro atoms. The molecule has 7 nitrogen and oxygen atoms in total. The molecule has 3 aromatic rings. The number of nitrogens with one attached hydrogen (secondary N) is 1. The second-order valence-corrected chi connectivity index (χ2v) is 6.46. The van der Waals surface area contributed by atoms with E-state index in [-0.39, 0.29) is 18.6 Å². The number of methoxy groups -OCH3 is 1. The highest BCUT2D eigenvalue weighted by Crippen LogP contribution is 2.28. The summed E-state index contributed by atoms with van der Waals surface area (Å²) in [5.74, 6) is 0.513. The molecule has 1 aliphatic heterocycles. The molecule has 27 heavy (non-hydrogen) atoms. The second kappa shape index (κ2) is 7.20. The van der Waals surface area contributed by atoms with E-state index in [4.69, 9.17) is 9.47 Å². The number of fused-ring (bicyclic) bond motifs is 1. The van der Waals surface area contributed by atoms with Crippen molar-refractivity contribution in [2.45, 2.75) is 26.2 Å². The molecule has 2 aromatic carbocycles. The highest BCUT2D eigenvalue weighted by molar-refractivity contribution is 6.03. The zero-order valence-corrected chi connectivity index (χ0v) is 15.2. The molecule has 1 amide bonds. The topological polar surface area (TPSA) is 78.3 Å². The minimum Gasteiger partial charge on any atom is -0.497 e. The number of amides is 1. The first-order valence-corrected chi connectivity index (χ1v) is 8.70. The molecule has 1 atom stereocenters. The summed E-state index contributed by atoms with van der Waals surface area (Å²) in [6.07, 6.45) is -0.141. The third-order valence-electron chi connectivity index (χ3n) is 4.58. The summed E-state index contributed by atoms with van der Waals surface area (Å²) in [6, 6.07) is 15.4. The fraction of sp³-hybridized carbons (Fsp3) is 0.250. The van der Waals surface area contributed by atoms with E-state index in [0.717, 1.165) is 22.6 Å². The molecule has 1 N–H and O–H groups in total. The minimum atomic E-state index is -0.284. The average Bonchev–Trinajstić information content (AvgIpc) is 3.11. The molecule has 0 bridgehead atoms. The van der Waals surface area contributed by atoms with Crippen LogP contribution in [0.25, 0.3) is 0 Å². The molecule has 4 rings (SSSR count). The molecule has 0 saturated heterocycles. The lowest BCUT2D eigenvalue weighted by Crippen LogP contribution is -2.24. The Bertz CT molecular complexity index is 966. The Morgan fingerprint density at radius 1 is 1.26 bits per heavy atom. The van der Waals surface area contributed by atoms with Crippen molar-refractivity contribution in [2.75, 3.05) is 12.4 Å². The molecular weight excluding hydrogens is 344 g/mol. The van der Waals surface area contributed by atoms with Crippen LogP contribution in [0.2, 0.25) is 0 Å². The number of nitrogens with zero attached hydrogens (tertiary/aromatic N) is 3. The monoisotopic (exact) mass is 364 g/mol. The minimum absolute atomic E-state index is 0.141. The number of benzene rings is 2. The van der Waals surface area contributed by atoms with E-state index < -0.39 is 0 Å². The Kier molecular flexibility index (Phi) is 4.60. The van der Waals surface area contributed by atoms with Crippen LogP contribution >= 0.6 is 0 Å². The first-order chi connectivity index (χ1) is 13.1. The molecule has 2 heterocycles. The largest absolute Gasteiger partial charge is 0.497 e. The van der Waals surface area contributed by atoms with Crippen LogP contribution in [0.5, 0.6) is 5.75 Å². The average molecular weight is 364 g/mol. The van der Waals surface area contributed by atoms with Gasteiger partial charge in [-0.1, -0.05) is 29.5 Å². The molecule has 7 heteroatoms. The molecule has 1 aromatic heterocycles. The number of hydrogen-bond donors (Lipinski definition) is 1. The van der Waals surface area contributed by atoms with Gasteiger partial charge in [-0.3, -0.25) is 4.79 Å². The van der Waals surface area contributed by atoms with E-state index in [1.807, 2.05) is 55.5 Å². The number of rotatable bonds is 4. The summed E-state index contributed by atoms with van der Waals surface area (Å²) < 4.78 is 12.9. The van der Waals surface area contributed by atoms with Gasteiger partial charge in [-0.05, 0) is 42.3 Å². The van der Waals surface area contributed by atoms with Crippen LogP contribution in [0.1, 0.15) is 33.4 Å². The van der Waals surface area contributed by atoms with Crippen molar-refractivity contribution in [3.8, 4) is 5.75 Å². The lowest BCUT2D eigenvalue weighted by atomic mass is 10.1. The van der Waals surface area contributed by atoms with Crippen molar-refractivity contribution in [1.82, 2.24) is 15.0 Å². The highest BCUT2D eigenvalue weighted by atomic mass is 16.5. The molecule has 1 aliphatic rings. The predicted octanol–water partition coefficient (Wildman–Crippen LogP) is 3.12. The third-order valence-corrected chi connectivity index (χ3v) is 4.58. The Morgan fingerprint density at radius 2 is 2.07 bits per heavy atom. The maximum absolute atomic E-state index is 12.6. The van der Waals surface area contributed by atoms with Gasteiger partial charge in [0.1, 0.15) is 11.9 Å². The van der Waals surface area contributed by atoms with Crippen LogP contribution in [0.15, 0.2) is 48.5 Å². The van der Waals surface area contributed by atoms with Gasteiger partial charge in [0.15, 0.2) is 5.69 Å². The molecule has 0 unspecified atom stereocenters. The van der Waals surface area contributed by atoms with Crippen molar-refractivity contribution < 1.29 is 14.3 Å². The van der Waals surface area contributed by atoms with E-state index >= 15 is 0 Å². The quantitative estimate of drug-likeness (QED) is 0.770. The first-order valence-electron chi connectivity index (χ1n) is 8.70. The fourth-order valence-electron chi connectivity index (χ4n) is 3.12. The fourth-order valence-corrected chi connectivity index (χ4v) is 3.12. The summed E-state index contributed by atoms with van der Waals surface area (Å²) in [7, 11) is 1.64. The van der Waals surface area contributed by atoms with Crippen LogP contribution in [-0.4, -0.2) is 28.0 Å². The highest BCUT2D eigenvalue weighted by Gasteiger charge is 2.27. The Hall–Kier alpha value is -3.19. The summed E-state index contributed by atoms with van der Waals surface area (Å²) in [5, 5.41) is 11.1. The Morgan fingerprint density at radius 3 is 2.81 bits per heavy atom. The van der Waals surface area contributed by atoms with E-state index in [1.165, 1.54) is 0 Å². The maximum atomic E-state index is 12.6. The number of anilines is 1. The van der Waals surface area contributed by atoms with Gasteiger partial charge >= 0.3 is 0 Å².